The summed E-state index contributed by atoms with van der Waals surface area (Å²) in [6, 6.07) is 13.7. The summed E-state index contributed by atoms with van der Waals surface area (Å²) in [4.78, 5) is 11.8. The fraction of sp³-hybridized carbons (Fsp3) is 0.379. The molecule has 1 aromatic carbocycles. The minimum atomic E-state index is -0.107. The predicted octanol–water partition coefficient (Wildman–Crippen LogP) is 5.54. The number of ether oxygens (including phenoxy) is 1. The van der Waals surface area contributed by atoms with E-state index in [0.29, 0.717) is 28.8 Å². The van der Waals surface area contributed by atoms with Crippen LogP contribution in [0, 0.1) is 5.92 Å². The van der Waals surface area contributed by atoms with E-state index in [9.17, 15) is 5.11 Å². The lowest BCUT2D eigenvalue weighted by atomic mass is 9.86. The van der Waals surface area contributed by atoms with Crippen LogP contribution in [0.25, 0.3) is 16.9 Å². The van der Waals surface area contributed by atoms with Crippen LogP contribution in [0.1, 0.15) is 42.4 Å². The van der Waals surface area contributed by atoms with Gasteiger partial charge >= 0.3 is 0 Å². The molecule has 0 amide bonds. The van der Waals surface area contributed by atoms with Gasteiger partial charge in [0.2, 0.25) is 0 Å². The first-order valence-electron chi connectivity index (χ1n) is 12.7. The summed E-state index contributed by atoms with van der Waals surface area (Å²) in [6.07, 6.45) is 14.1. The Morgan fingerprint density at radius 1 is 1.06 bits per heavy atom. The molecule has 3 atom stereocenters. The van der Waals surface area contributed by atoms with Crippen molar-refractivity contribution in [1.29, 1.82) is 0 Å². The van der Waals surface area contributed by atoms with Gasteiger partial charge in [-0.25, -0.2) is 4.98 Å². The van der Waals surface area contributed by atoms with E-state index < -0.39 is 0 Å². The van der Waals surface area contributed by atoms with Gasteiger partial charge in [0.1, 0.15) is 11.4 Å². The molecule has 0 aliphatic carbocycles. The smallest absolute Gasteiger partial charge is 0.137 e. The molecule has 7 heteroatoms. The van der Waals surface area contributed by atoms with Crippen LogP contribution < -0.4 is 4.74 Å². The van der Waals surface area contributed by atoms with E-state index in [0.717, 1.165) is 35.4 Å². The van der Waals surface area contributed by atoms with Crippen molar-refractivity contribution in [2.24, 2.45) is 5.92 Å². The predicted molar refractivity (Wildman–Crippen MR) is 141 cm³/mol. The van der Waals surface area contributed by atoms with Gasteiger partial charge in [-0.3, -0.25) is 9.88 Å². The number of aliphatic hydroxyl groups is 1. The molecule has 186 valence electrons. The second-order valence-corrected chi connectivity index (χ2v) is 10.6. The average molecular weight is 503 g/mol. The number of benzene rings is 1. The summed E-state index contributed by atoms with van der Waals surface area (Å²) in [5.41, 5.74) is 5.98. The van der Waals surface area contributed by atoms with E-state index in [2.05, 4.69) is 40.3 Å². The molecule has 6 nitrogen and oxygen atoms in total. The Morgan fingerprint density at radius 3 is 2.56 bits per heavy atom. The molecule has 2 fully saturated rings. The molecule has 36 heavy (non-hydrogen) atoms. The van der Waals surface area contributed by atoms with E-state index in [-0.39, 0.29) is 6.61 Å². The molecule has 2 aliphatic rings. The highest BCUT2D eigenvalue weighted by Gasteiger charge is 2.40. The number of hydrogen-bond donors (Lipinski definition) is 1. The van der Waals surface area contributed by atoms with E-state index in [1.165, 1.54) is 36.8 Å². The SMILES string of the molecule is COc1cc(CO)c(-c2cn3ccc(CC4C[C@H]5CC[C@@H](C4)N5Cc4ccncc4)cc3n2)cc1Cl. The van der Waals surface area contributed by atoms with Crippen LogP contribution in [-0.4, -0.2) is 43.6 Å². The van der Waals surface area contributed by atoms with Gasteiger partial charge in [-0.2, -0.15) is 0 Å². The Bertz CT molecular complexity index is 1360. The number of piperidine rings is 1. The van der Waals surface area contributed by atoms with E-state index in [1.807, 2.05) is 29.1 Å². The second-order valence-electron chi connectivity index (χ2n) is 10.2. The maximum absolute atomic E-state index is 9.90. The summed E-state index contributed by atoms with van der Waals surface area (Å²) in [5.74, 6) is 1.26. The van der Waals surface area contributed by atoms with Crippen molar-refractivity contribution < 1.29 is 9.84 Å². The minimum Gasteiger partial charge on any atom is -0.495 e. The molecule has 4 aromatic rings. The van der Waals surface area contributed by atoms with Crippen molar-refractivity contribution in [2.75, 3.05) is 7.11 Å². The number of nitrogens with zero attached hydrogens (tertiary/aromatic N) is 4. The third-order valence-electron chi connectivity index (χ3n) is 7.97. The summed E-state index contributed by atoms with van der Waals surface area (Å²) in [5, 5.41) is 10.4. The molecule has 0 radical (unpaired) electrons. The summed E-state index contributed by atoms with van der Waals surface area (Å²) >= 11 is 6.38. The zero-order valence-electron chi connectivity index (χ0n) is 20.5. The van der Waals surface area contributed by atoms with Crippen molar-refractivity contribution >= 4 is 17.2 Å². The third-order valence-corrected chi connectivity index (χ3v) is 8.26. The standard InChI is InChI=1S/C29H31ClN4O2/c1-36-28-14-22(18-35)25(15-26(28)30)27-17-33-9-6-20(13-29(33)32-27)10-21-11-23-2-3-24(12-21)34(23)16-19-4-7-31-8-5-19/h4-9,13-15,17,21,23-24,35H,2-3,10-12,16,18H2,1H3/t21?,23-,24+. The molecule has 5 heterocycles. The molecule has 0 spiro atoms. The number of methoxy groups -OCH3 is 1. The van der Waals surface area contributed by atoms with Crippen molar-refractivity contribution in [3.63, 3.8) is 0 Å². The van der Waals surface area contributed by atoms with Gasteiger partial charge in [0.05, 0.1) is 24.4 Å². The first kappa shape index (κ1) is 23.5. The summed E-state index contributed by atoms with van der Waals surface area (Å²) in [6.45, 7) is 0.933. The van der Waals surface area contributed by atoms with Crippen molar-refractivity contribution in [1.82, 2.24) is 19.3 Å². The summed E-state index contributed by atoms with van der Waals surface area (Å²) in [7, 11) is 1.57. The van der Waals surface area contributed by atoms with Gasteiger partial charge in [-0.1, -0.05) is 11.6 Å². The van der Waals surface area contributed by atoms with Gasteiger partial charge in [0, 0.05) is 49.0 Å². The molecule has 2 saturated heterocycles. The Hall–Kier alpha value is -2.93. The number of hydrogen-bond acceptors (Lipinski definition) is 5. The van der Waals surface area contributed by atoms with Gasteiger partial charge < -0.3 is 14.2 Å². The van der Waals surface area contributed by atoms with Gasteiger partial charge in [0.15, 0.2) is 0 Å². The number of imidazole rings is 1. The van der Waals surface area contributed by atoms with Crippen LogP contribution in [0.5, 0.6) is 5.75 Å². The topological polar surface area (TPSA) is 62.9 Å². The molecule has 3 aromatic heterocycles. The Morgan fingerprint density at radius 2 is 1.83 bits per heavy atom. The average Bonchev–Trinajstić information content (AvgIpc) is 3.41. The molecule has 1 N–H and O–H groups in total. The fourth-order valence-corrected chi connectivity index (χ4v) is 6.49. The molecule has 2 bridgehead atoms. The molecule has 1 unspecified atom stereocenters. The maximum Gasteiger partial charge on any atom is 0.137 e. The lowest BCUT2D eigenvalue weighted by molar-refractivity contribution is 0.0961. The lowest BCUT2D eigenvalue weighted by Crippen LogP contribution is -2.42. The number of aromatic nitrogens is 3. The largest absolute Gasteiger partial charge is 0.495 e. The van der Waals surface area contributed by atoms with Crippen molar-refractivity contribution in [3.05, 3.63) is 82.9 Å². The van der Waals surface area contributed by atoms with Crippen LogP contribution in [0.4, 0.5) is 0 Å². The molecular formula is C29H31ClN4O2. The third kappa shape index (κ3) is 4.49. The maximum atomic E-state index is 9.90. The van der Waals surface area contributed by atoms with Crippen molar-refractivity contribution in [2.45, 2.75) is 57.3 Å². The fourth-order valence-electron chi connectivity index (χ4n) is 6.25. The highest BCUT2D eigenvalue weighted by atomic mass is 35.5. The quantitative estimate of drug-likeness (QED) is 0.359. The number of pyridine rings is 2. The lowest BCUT2D eigenvalue weighted by Gasteiger charge is -2.39. The van der Waals surface area contributed by atoms with Gasteiger partial charge in [-0.15, -0.1) is 0 Å². The highest BCUT2D eigenvalue weighted by Crippen LogP contribution is 2.41. The Balaban J connectivity index is 1.18. The molecule has 0 saturated carbocycles. The normalized spacial score (nSPS) is 21.8. The van der Waals surface area contributed by atoms with Crippen LogP contribution in [0.2, 0.25) is 5.02 Å². The number of halogens is 1. The van der Waals surface area contributed by atoms with Crippen molar-refractivity contribution in [3.8, 4) is 17.0 Å². The van der Waals surface area contributed by atoms with Crippen LogP contribution in [0.3, 0.4) is 0 Å². The highest BCUT2D eigenvalue weighted by molar-refractivity contribution is 6.32. The van der Waals surface area contributed by atoms with E-state index in [1.54, 1.807) is 13.2 Å². The second kappa shape index (κ2) is 9.85. The zero-order valence-corrected chi connectivity index (χ0v) is 21.2. The molecule has 6 rings (SSSR count). The number of rotatable bonds is 7. The number of fused-ring (bicyclic) bond motifs is 3. The first-order valence-corrected chi connectivity index (χ1v) is 13.1. The Kier molecular flexibility index (Phi) is 6.42. The van der Waals surface area contributed by atoms with E-state index in [4.69, 9.17) is 21.3 Å². The number of aliphatic hydroxyl groups excluding tert-OH is 1. The van der Waals surface area contributed by atoms with Crippen LogP contribution in [-0.2, 0) is 19.6 Å². The Labute approximate surface area is 216 Å². The van der Waals surface area contributed by atoms with Gasteiger partial charge in [-0.05, 0) is 91.1 Å². The minimum absolute atomic E-state index is 0.107. The first-order chi connectivity index (χ1) is 17.6. The molecular weight excluding hydrogens is 472 g/mol. The van der Waals surface area contributed by atoms with E-state index >= 15 is 0 Å². The van der Waals surface area contributed by atoms with Gasteiger partial charge in [0.25, 0.3) is 0 Å². The monoisotopic (exact) mass is 502 g/mol. The zero-order chi connectivity index (χ0) is 24.6. The van der Waals surface area contributed by atoms with Crippen LogP contribution >= 0.6 is 11.6 Å². The van der Waals surface area contributed by atoms with Crippen LogP contribution in [0.15, 0.2) is 61.2 Å². The summed E-state index contributed by atoms with van der Waals surface area (Å²) < 4.78 is 7.35. The molecule has 2 aliphatic heterocycles.